The lowest BCUT2D eigenvalue weighted by Gasteiger charge is -2.09. The van der Waals surface area contributed by atoms with Crippen molar-refractivity contribution < 1.29 is 4.74 Å². The molecule has 4 N–H and O–H groups in total. The molecule has 0 aliphatic rings. The van der Waals surface area contributed by atoms with Gasteiger partial charge in [0, 0.05) is 38.9 Å². The highest BCUT2D eigenvalue weighted by Gasteiger charge is 2.04. The Labute approximate surface area is 123 Å². The van der Waals surface area contributed by atoms with E-state index in [0.717, 1.165) is 18.7 Å². The van der Waals surface area contributed by atoms with E-state index in [1.807, 2.05) is 26.2 Å². The fraction of sp³-hybridized carbons (Fsp3) is 0.462. The molecule has 114 valence electrons. The minimum absolute atomic E-state index is 0.362. The average Bonchev–Trinajstić information content (AvgIpc) is 2.90. The lowest BCUT2D eigenvalue weighted by atomic mass is 10.3. The molecule has 0 spiro atoms. The number of nitrogens with two attached hydrogens (primary N) is 1. The van der Waals surface area contributed by atoms with Crippen LogP contribution in [0.3, 0.4) is 0 Å². The molecule has 0 saturated heterocycles. The van der Waals surface area contributed by atoms with Crippen LogP contribution in [0.25, 0.3) is 0 Å². The van der Waals surface area contributed by atoms with Crippen molar-refractivity contribution in [2.75, 3.05) is 23.9 Å². The lowest BCUT2D eigenvalue weighted by Crippen LogP contribution is -2.14. The van der Waals surface area contributed by atoms with Crippen LogP contribution in [-0.2, 0) is 24.8 Å². The number of hydrogen-bond acceptors (Lipinski definition) is 7. The van der Waals surface area contributed by atoms with Crippen LogP contribution < -0.4 is 16.6 Å². The second kappa shape index (κ2) is 7.55. The first kappa shape index (κ1) is 15.2. The summed E-state index contributed by atoms with van der Waals surface area (Å²) in [7, 11) is 1.90. The summed E-state index contributed by atoms with van der Waals surface area (Å²) in [6.45, 7) is 3.64. The molecule has 0 unspecified atom stereocenters. The van der Waals surface area contributed by atoms with Gasteiger partial charge < -0.3 is 15.5 Å². The Bertz CT molecular complexity index is 569. The number of nitrogen functional groups attached to an aromatic ring is 1. The van der Waals surface area contributed by atoms with Gasteiger partial charge in [0.25, 0.3) is 0 Å². The summed E-state index contributed by atoms with van der Waals surface area (Å²) in [4.78, 5) is 8.62. The molecule has 0 aliphatic heterocycles. The van der Waals surface area contributed by atoms with Gasteiger partial charge in [0.1, 0.15) is 18.2 Å². The Hall–Kier alpha value is -2.19. The van der Waals surface area contributed by atoms with Gasteiger partial charge in [-0.05, 0) is 13.0 Å². The zero-order valence-corrected chi connectivity index (χ0v) is 12.3. The first-order valence-corrected chi connectivity index (χ1v) is 6.86. The molecule has 0 radical (unpaired) electrons. The van der Waals surface area contributed by atoms with Crippen molar-refractivity contribution in [3.8, 4) is 0 Å². The second-order valence-corrected chi connectivity index (χ2v) is 4.49. The summed E-state index contributed by atoms with van der Waals surface area (Å²) >= 11 is 0. The van der Waals surface area contributed by atoms with Crippen LogP contribution in [0, 0.1) is 0 Å². The van der Waals surface area contributed by atoms with E-state index in [1.54, 1.807) is 10.7 Å². The van der Waals surface area contributed by atoms with Crippen molar-refractivity contribution in [2.24, 2.45) is 12.9 Å². The molecule has 0 bridgehead atoms. The van der Waals surface area contributed by atoms with E-state index in [9.17, 15) is 0 Å². The number of nitrogens with zero attached hydrogens (tertiary/aromatic N) is 4. The molecule has 21 heavy (non-hydrogen) atoms. The van der Waals surface area contributed by atoms with Gasteiger partial charge >= 0.3 is 0 Å². The molecule has 8 nitrogen and oxygen atoms in total. The van der Waals surface area contributed by atoms with Crippen molar-refractivity contribution in [3.63, 3.8) is 0 Å². The molecule has 2 aromatic heterocycles. The number of aromatic nitrogens is 4. The fourth-order valence-corrected chi connectivity index (χ4v) is 1.83. The number of rotatable bonds is 8. The third kappa shape index (κ3) is 4.69. The number of hydrazine groups is 1. The summed E-state index contributed by atoms with van der Waals surface area (Å²) in [5, 5.41) is 7.57. The van der Waals surface area contributed by atoms with Gasteiger partial charge in [-0.3, -0.25) is 4.68 Å². The van der Waals surface area contributed by atoms with Crippen molar-refractivity contribution in [1.82, 2.24) is 19.7 Å². The molecule has 0 saturated carbocycles. The number of ether oxygens (including phenoxy) is 1. The van der Waals surface area contributed by atoms with E-state index in [4.69, 9.17) is 10.6 Å². The van der Waals surface area contributed by atoms with Crippen LogP contribution in [-0.4, -0.2) is 32.9 Å². The predicted molar refractivity (Wildman–Crippen MR) is 80.6 cm³/mol. The molecule has 0 aliphatic carbocycles. The molecule has 8 heteroatoms. The van der Waals surface area contributed by atoms with Crippen LogP contribution in [0.4, 0.5) is 11.6 Å². The van der Waals surface area contributed by atoms with Gasteiger partial charge in [0.05, 0.1) is 5.69 Å². The molecule has 0 amide bonds. The molecule has 0 aromatic carbocycles. The van der Waals surface area contributed by atoms with E-state index in [2.05, 4.69) is 25.8 Å². The van der Waals surface area contributed by atoms with Crippen molar-refractivity contribution in [2.45, 2.75) is 20.0 Å². The number of hydrogen-bond donors (Lipinski definition) is 3. The molecule has 2 rings (SSSR count). The van der Waals surface area contributed by atoms with Gasteiger partial charge in [-0.1, -0.05) is 0 Å². The van der Waals surface area contributed by atoms with Crippen LogP contribution >= 0.6 is 0 Å². The maximum Gasteiger partial charge on any atom is 0.158 e. The highest BCUT2D eigenvalue weighted by atomic mass is 16.5. The average molecular weight is 291 g/mol. The lowest BCUT2D eigenvalue weighted by molar-refractivity contribution is 0.128. The summed E-state index contributed by atoms with van der Waals surface area (Å²) in [5.41, 5.74) is 3.57. The van der Waals surface area contributed by atoms with E-state index >= 15 is 0 Å². The molecule has 2 heterocycles. The topological polar surface area (TPSA) is 103 Å². The van der Waals surface area contributed by atoms with Crippen LogP contribution in [0.2, 0.25) is 0 Å². The maximum absolute atomic E-state index is 5.42. The number of aryl methyl sites for hydroxylation is 1. The SMILES string of the molecule is CCOCc1nc(NN)cc(NCCc2ccn(C)n2)n1. The second-order valence-electron chi connectivity index (χ2n) is 4.49. The molecular formula is C13H21N7O. The Morgan fingerprint density at radius 2 is 2.14 bits per heavy atom. The zero-order chi connectivity index (χ0) is 15.1. The van der Waals surface area contributed by atoms with Gasteiger partial charge in [-0.2, -0.15) is 5.10 Å². The Kier molecular flexibility index (Phi) is 5.47. The minimum atomic E-state index is 0.362. The van der Waals surface area contributed by atoms with Crippen molar-refractivity contribution >= 4 is 11.6 Å². The highest BCUT2D eigenvalue weighted by molar-refractivity contribution is 5.46. The van der Waals surface area contributed by atoms with E-state index in [-0.39, 0.29) is 0 Å². The summed E-state index contributed by atoms with van der Waals surface area (Å²) in [6.07, 6.45) is 2.74. The van der Waals surface area contributed by atoms with Gasteiger partial charge in [-0.25, -0.2) is 15.8 Å². The summed E-state index contributed by atoms with van der Waals surface area (Å²) in [5.74, 6) is 7.27. The first-order valence-electron chi connectivity index (χ1n) is 6.86. The smallest absolute Gasteiger partial charge is 0.158 e. The number of nitrogens with one attached hydrogen (secondary N) is 2. The van der Waals surface area contributed by atoms with Crippen molar-refractivity contribution in [1.29, 1.82) is 0 Å². The van der Waals surface area contributed by atoms with Crippen LogP contribution in [0.5, 0.6) is 0 Å². The third-order valence-corrected chi connectivity index (χ3v) is 2.81. The zero-order valence-electron chi connectivity index (χ0n) is 12.3. The highest BCUT2D eigenvalue weighted by Crippen LogP contribution is 2.11. The summed E-state index contributed by atoms with van der Waals surface area (Å²) in [6, 6.07) is 3.75. The Morgan fingerprint density at radius 1 is 1.33 bits per heavy atom. The molecular weight excluding hydrogens is 270 g/mol. The van der Waals surface area contributed by atoms with Crippen LogP contribution in [0.1, 0.15) is 18.4 Å². The standard InChI is InChI=1S/C13H21N7O/c1-3-21-9-13-16-11(8-12(17-13)18-14)15-6-4-10-5-7-20(2)19-10/h5,7-8H,3-4,6,9,14H2,1-2H3,(H2,15,16,17,18). The molecule has 2 aromatic rings. The Morgan fingerprint density at radius 3 is 2.81 bits per heavy atom. The fourth-order valence-electron chi connectivity index (χ4n) is 1.83. The third-order valence-electron chi connectivity index (χ3n) is 2.81. The molecule has 0 fully saturated rings. The van der Waals surface area contributed by atoms with E-state index in [1.165, 1.54) is 0 Å². The normalized spacial score (nSPS) is 10.6. The largest absolute Gasteiger partial charge is 0.374 e. The summed E-state index contributed by atoms with van der Waals surface area (Å²) < 4.78 is 7.10. The van der Waals surface area contributed by atoms with Gasteiger partial charge in [-0.15, -0.1) is 0 Å². The first-order chi connectivity index (χ1) is 10.2. The van der Waals surface area contributed by atoms with Crippen molar-refractivity contribution in [3.05, 3.63) is 29.8 Å². The van der Waals surface area contributed by atoms with E-state index in [0.29, 0.717) is 30.7 Å². The van der Waals surface area contributed by atoms with Gasteiger partial charge in [0.15, 0.2) is 5.82 Å². The minimum Gasteiger partial charge on any atom is -0.374 e. The van der Waals surface area contributed by atoms with Crippen LogP contribution in [0.15, 0.2) is 18.3 Å². The predicted octanol–water partition coefficient (Wildman–Crippen LogP) is 0.687. The van der Waals surface area contributed by atoms with Gasteiger partial charge in [0.2, 0.25) is 0 Å². The number of anilines is 2. The quantitative estimate of drug-likeness (QED) is 0.485. The maximum atomic E-state index is 5.42. The Balaban J connectivity index is 1.94. The van der Waals surface area contributed by atoms with E-state index < -0.39 is 0 Å². The molecule has 0 atom stereocenters. The monoisotopic (exact) mass is 291 g/mol.